The third kappa shape index (κ3) is 3.33. The number of hydrogen-bond acceptors (Lipinski definition) is 4. The maximum absolute atomic E-state index is 11.9. The van der Waals surface area contributed by atoms with Crippen LogP contribution in [0.4, 0.5) is 0 Å². The molecular formula is C12H14N4OS. The SMILES string of the molecule is Cc1ccc(S[C@H](C)C(=O)Nn2cnnc2)cc1. The van der Waals surface area contributed by atoms with Gasteiger partial charge in [-0.1, -0.05) is 17.7 Å². The third-order valence-electron chi connectivity index (χ3n) is 2.36. The van der Waals surface area contributed by atoms with E-state index >= 15 is 0 Å². The highest BCUT2D eigenvalue weighted by Gasteiger charge is 2.14. The van der Waals surface area contributed by atoms with Crippen LogP contribution in [0.3, 0.4) is 0 Å². The van der Waals surface area contributed by atoms with Crippen molar-refractivity contribution in [2.24, 2.45) is 0 Å². The van der Waals surface area contributed by atoms with Gasteiger partial charge in [-0.25, -0.2) is 4.68 Å². The van der Waals surface area contributed by atoms with Gasteiger partial charge in [-0.05, 0) is 26.0 Å². The molecule has 2 rings (SSSR count). The first-order chi connectivity index (χ1) is 8.65. The molecule has 1 atom stereocenters. The maximum atomic E-state index is 11.9. The smallest absolute Gasteiger partial charge is 0.252 e. The van der Waals surface area contributed by atoms with Crippen LogP contribution in [0, 0.1) is 6.92 Å². The largest absolute Gasteiger partial charge is 0.272 e. The highest BCUT2D eigenvalue weighted by atomic mass is 32.2. The van der Waals surface area contributed by atoms with E-state index in [1.165, 1.54) is 34.7 Å². The molecule has 0 aliphatic heterocycles. The predicted molar refractivity (Wildman–Crippen MR) is 70.9 cm³/mol. The molecule has 0 saturated carbocycles. The van der Waals surface area contributed by atoms with Gasteiger partial charge in [0.05, 0.1) is 5.25 Å². The molecule has 0 saturated heterocycles. The molecule has 5 nitrogen and oxygen atoms in total. The molecule has 1 aromatic heterocycles. The van der Waals surface area contributed by atoms with Gasteiger partial charge >= 0.3 is 0 Å². The minimum atomic E-state index is -0.185. The molecule has 0 spiro atoms. The number of carbonyl (C=O) groups is 1. The lowest BCUT2D eigenvalue weighted by atomic mass is 10.2. The van der Waals surface area contributed by atoms with Crippen LogP contribution in [-0.2, 0) is 4.79 Å². The fourth-order valence-electron chi connectivity index (χ4n) is 1.35. The summed E-state index contributed by atoms with van der Waals surface area (Å²) in [7, 11) is 0. The average Bonchev–Trinajstić information content (AvgIpc) is 2.85. The normalized spacial score (nSPS) is 12.1. The number of aryl methyl sites for hydroxylation is 1. The van der Waals surface area contributed by atoms with E-state index in [2.05, 4.69) is 15.6 Å². The highest BCUT2D eigenvalue weighted by Crippen LogP contribution is 2.23. The zero-order valence-corrected chi connectivity index (χ0v) is 11.0. The van der Waals surface area contributed by atoms with E-state index in [1.807, 2.05) is 38.1 Å². The molecule has 1 N–H and O–H groups in total. The van der Waals surface area contributed by atoms with Crippen LogP contribution < -0.4 is 5.43 Å². The molecule has 2 aromatic rings. The molecule has 0 fully saturated rings. The van der Waals surface area contributed by atoms with E-state index in [1.54, 1.807) is 0 Å². The molecule has 6 heteroatoms. The van der Waals surface area contributed by atoms with Crippen LogP contribution in [0.1, 0.15) is 12.5 Å². The number of carbonyl (C=O) groups excluding carboxylic acids is 1. The van der Waals surface area contributed by atoms with Gasteiger partial charge < -0.3 is 0 Å². The van der Waals surface area contributed by atoms with Crippen LogP contribution in [0.5, 0.6) is 0 Å². The van der Waals surface area contributed by atoms with Gasteiger partial charge in [0.2, 0.25) is 0 Å². The van der Waals surface area contributed by atoms with Crippen molar-refractivity contribution < 1.29 is 4.79 Å². The van der Waals surface area contributed by atoms with E-state index in [-0.39, 0.29) is 11.2 Å². The Kier molecular flexibility index (Phi) is 3.99. The van der Waals surface area contributed by atoms with Crippen molar-refractivity contribution in [2.75, 3.05) is 5.43 Å². The summed E-state index contributed by atoms with van der Waals surface area (Å²) in [6, 6.07) is 8.10. The summed E-state index contributed by atoms with van der Waals surface area (Å²) in [4.78, 5) is 12.9. The van der Waals surface area contributed by atoms with Crippen molar-refractivity contribution >= 4 is 17.7 Å². The minimum Gasteiger partial charge on any atom is -0.272 e. The summed E-state index contributed by atoms with van der Waals surface area (Å²) in [6.45, 7) is 3.90. The summed E-state index contributed by atoms with van der Waals surface area (Å²) in [5.74, 6) is -0.0830. The Morgan fingerprint density at radius 1 is 1.28 bits per heavy atom. The molecule has 18 heavy (non-hydrogen) atoms. The van der Waals surface area contributed by atoms with E-state index in [0.717, 1.165) is 4.90 Å². The Balaban J connectivity index is 1.93. The fourth-order valence-corrected chi connectivity index (χ4v) is 2.21. The Morgan fingerprint density at radius 2 is 1.89 bits per heavy atom. The number of rotatable bonds is 4. The van der Waals surface area contributed by atoms with Crippen LogP contribution >= 0.6 is 11.8 Å². The second-order valence-corrected chi connectivity index (χ2v) is 5.33. The van der Waals surface area contributed by atoms with Crippen molar-refractivity contribution in [3.63, 3.8) is 0 Å². The Morgan fingerprint density at radius 3 is 2.50 bits per heavy atom. The van der Waals surface area contributed by atoms with Gasteiger partial charge in [-0.3, -0.25) is 10.2 Å². The van der Waals surface area contributed by atoms with Crippen molar-refractivity contribution in [3.05, 3.63) is 42.5 Å². The van der Waals surface area contributed by atoms with Gasteiger partial charge in [0, 0.05) is 4.90 Å². The second kappa shape index (κ2) is 5.68. The molecule has 94 valence electrons. The van der Waals surface area contributed by atoms with Crippen LogP contribution in [0.2, 0.25) is 0 Å². The number of amides is 1. The topological polar surface area (TPSA) is 59.8 Å². The van der Waals surface area contributed by atoms with E-state index < -0.39 is 0 Å². The second-order valence-electron chi connectivity index (χ2n) is 3.92. The number of hydrogen-bond donors (Lipinski definition) is 1. The quantitative estimate of drug-likeness (QED) is 0.854. The predicted octanol–water partition coefficient (Wildman–Crippen LogP) is 1.84. The molecule has 0 aliphatic rings. The molecule has 1 aromatic carbocycles. The van der Waals surface area contributed by atoms with Crippen molar-refractivity contribution in [3.8, 4) is 0 Å². The maximum Gasteiger partial charge on any atom is 0.252 e. The first-order valence-corrected chi connectivity index (χ1v) is 6.42. The van der Waals surface area contributed by atoms with Gasteiger partial charge in [-0.15, -0.1) is 22.0 Å². The lowest BCUT2D eigenvalue weighted by Crippen LogP contribution is -2.28. The summed E-state index contributed by atoms with van der Waals surface area (Å²) in [6.07, 6.45) is 2.89. The molecule has 0 aliphatic carbocycles. The summed E-state index contributed by atoms with van der Waals surface area (Å²) in [5, 5.41) is 7.05. The number of nitrogens with one attached hydrogen (secondary N) is 1. The fraction of sp³-hybridized carbons (Fsp3) is 0.250. The molecular weight excluding hydrogens is 248 g/mol. The van der Waals surface area contributed by atoms with Crippen LogP contribution in [-0.4, -0.2) is 26.0 Å². The highest BCUT2D eigenvalue weighted by molar-refractivity contribution is 8.00. The molecule has 0 unspecified atom stereocenters. The average molecular weight is 262 g/mol. The summed E-state index contributed by atoms with van der Waals surface area (Å²) < 4.78 is 1.44. The van der Waals surface area contributed by atoms with Crippen LogP contribution in [0.25, 0.3) is 0 Å². The number of nitrogens with zero attached hydrogens (tertiary/aromatic N) is 3. The summed E-state index contributed by atoms with van der Waals surface area (Å²) in [5.41, 5.74) is 3.89. The standard InChI is InChI=1S/C12H14N4OS/c1-9-3-5-11(6-4-9)18-10(2)12(17)15-16-7-13-14-8-16/h3-8,10H,1-2H3,(H,15,17)/t10-/m1/s1. The molecule has 1 amide bonds. The zero-order chi connectivity index (χ0) is 13.0. The van der Waals surface area contributed by atoms with Gasteiger partial charge in [0.1, 0.15) is 12.7 Å². The first-order valence-electron chi connectivity index (χ1n) is 5.54. The Hall–Kier alpha value is -1.82. The Bertz CT molecular complexity index is 509. The van der Waals surface area contributed by atoms with Gasteiger partial charge in [0.15, 0.2) is 0 Å². The molecule has 0 bridgehead atoms. The van der Waals surface area contributed by atoms with Crippen LogP contribution in [0.15, 0.2) is 41.8 Å². The summed E-state index contributed by atoms with van der Waals surface area (Å²) >= 11 is 1.52. The zero-order valence-electron chi connectivity index (χ0n) is 10.2. The Labute approximate surface area is 110 Å². The third-order valence-corrected chi connectivity index (χ3v) is 3.47. The van der Waals surface area contributed by atoms with Gasteiger partial charge in [-0.2, -0.15) is 0 Å². The van der Waals surface area contributed by atoms with Crippen molar-refractivity contribution in [1.29, 1.82) is 0 Å². The first kappa shape index (κ1) is 12.6. The van der Waals surface area contributed by atoms with Crippen molar-refractivity contribution in [2.45, 2.75) is 24.0 Å². The van der Waals surface area contributed by atoms with E-state index in [9.17, 15) is 4.79 Å². The van der Waals surface area contributed by atoms with E-state index in [0.29, 0.717) is 0 Å². The minimum absolute atomic E-state index is 0.0830. The monoisotopic (exact) mass is 262 g/mol. The lowest BCUT2D eigenvalue weighted by Gasteiger charge is -2.11. The molecule has 1 heterocycles. The van der Waals surface area contributed by atoms with E-state index in [4.69, 9.17) is 0 Å². The number of aromatic nitrogens is 3. The number of benzene rings is 1. The van der Waals surface area contributed by atoms with Crippen molar-refractivity contribution in [1.82, 2.24) is 14.9 Å². The lowest BCUT2D eigenvalue weighted by molar-refractivity contribution is -0.116. The molecule has 0 radical (unpaired) electrons. The van der Waals surface area contributed by atoms with Gasteiger partial charge in [0.25, 0.3) is 5.91 Å². The number of thioether (sulfide) groups is 1.